The maximum atomic E-state index is 13.6. The van der Waals surface area contributed by atoms with E-state index in [1.807, 2.05) is 30.3 Å². The van der Waals surface area contributed by atoms with Gasteiger partial charge in [-0.3, -0.25) is 0 Å². The maximum absolute atomic E-state index is 13.6. The van der Waals surface area contributed by atoms with Crippen LogP contribution in [-0.2, 0) is 11.3 Å². The van der Waals surface area contributed by atoms with Crippen LogP contribution in [0.5, 0.6) is 11.5 Å². The van der Waals surface area contributed by atoms with Crippen molar-refractivity contribution in [2.24, 2.45) is 0 Å². The van der Waals surface area contributed by atoms with Gasteiger partial charge in [-0.1, -0.05) is 36.4 Å². The van der Waals surface area contributed by atoms with Gasteiger partial charge < -0.3 is 14.2 Å². The molecule has 0 radical (unpaired) electrons. The van der Waals surface area contributed by atoms with E-state index in [-0.39, 0.29) is 31.4 Å². The molecule has 2 aromatic carbocycles. The van der Waals surface area contributed by atoms with Crippen LogP contribution in [0.25, 0.3) is 0 Å². The van der Waals surface area contributed by atoms with Gasteiger partial charge in [-0.2, -0.15) is 0 Å². The Morgan fingerprint density at radius 3 is 2.45 bits per heavy atom. The predicted molar refractivity (Wildman–Crippen MR) is 68.5 cm³/mol. The average Bonchev–Trinajstić information content (AvgIpc) is 2.45. The van der Waals surface area contributed by atoms with E-state index in [2.05, 4.69) is 6.07 Å². The van der Waals surface area contributed by atoms with Crippen LogP contribution in [0.1, 0.15) is 5.56 Å². The molecule has 0 fully saturated rings. The minimum atomic E-state index is -0.595. The van der Waals surface area contributed by atoms with E-state index in [4.69, 9.17) is 14.2 Å². The molecule has 0 saturated carbocycles. The van der Waals surface area contributed by atoms with Crippen LogP contribution in [0.2, 0.25) is 0 Å². The van der Waals surface area contributed by atoms with Gasteiger partial charge in [0.15, 0.2) is 6.79 Å². The molecule has 0 unspecified atom stereocenters. The van der Waals surface area contributed by atoms with Gasteiger partial charge in [-0.05, 0) is 5.56 Å². The number of halogens is 1. The second kappa shape index (κ2) is 8.65. The molecule has 0 atom stereocenters. The van der Waals surface area contributed by atoms with Crippen molar-refractivity contribution in [2.75, 3.05) is 13.9 Å². The Morgan fingerprint density at radius 1 is 1.05 bits per heavy atom. The van der Waals surface area contributed by atoms with Crippen molar-refractivity contribution in [2.45, 2.75) is 6.61 Å². The predicted octanol–water partition coefficient (Wildman–Crippen LogP) is 0.192. The Morgan fingerprint density at radius 2 is 1.80 bits per heavy atom. The molecule has 0 aliphatic carbocycles. The zero-order chi connectivity index (χ0) is 13.5. The Hall–Kier alpha value is -1.47. The van der Waals surface area contributed by atoms with E-state index in [0.717, 1.165) is 5.56 Å². The number of rotatable bonds is 6. The van der Waals surface area contributed by atoms with Gasteiger partial charge in [-0.25, -0.2) is 4.39 Å². The summed E-state index contributed by atoms with van der Waals surface area (Å²) in [7, 11) is 1.47. The van der Waals surface area contributed by atoms with Crippen molar-refractivity contribution in [3.63, 3.8) is 0 Å². The first-order valence-electron chi connectivity index (χ1n) is 5.80. The first-order valence-corrected chi connectivity index (χ1v) is 5.80. The zero-order valence-electron chi connectivity index (χ0n) is 11.6. The summed E-state index contributed by atoms with van der Waals surface area (Å²) in [5, 5.41) is 0. The third kappa shape index (κ3) is 4.90. The van der Waals surface area contributed by atoms with Crippen LogP contribution in [0.3, 0.4) is 0 Å². The van der Waals surface area contributed by atoms with Crippen LogP contribution < -0.4 is 28.3 Å². The standard InChI is InChI=1S/C15H14FO3.Li/c1-17-11-19-15-8-7-13(9-14(15)16)18-10-12-5-3-2-4-6-12;/h2-8H,10-11H2,1H3;/q-1;+1. The molecule has 100 valence electrons. The smallest absolute Gasteiger partial charge is 0.525 e. The van der Waals surface area contributed by atoms with Gasteiger partial charge in [0.05, 0.1) is 5.82 Å². The van der Waals surface area contributed by atoms with Gasteiger partial charge in [0, 0.05) is 18.6 Å². The quantitative estimate of drug-likeness (QED) is 0.425. The summed E-state index contributed by atoms with van der Waals surface area (Å²) in [5.41, 5.74) is 1.01. The largest absolute Gasteiger partial charge is 1.00 e. The summed E-state index contributed by atoms with van der Waals surface area (Å²) >= 11 is 0. The summed E-state index contributed by atoms with van der Waals surface area (Å²) in [6.45, 7) is 0.365. The fraction of sp³-hybridized carbons (Fsp3) is 0.200. The van der Waals surface area contributed by atoms with E-state index < -0.39 is 5.82 Å². The number of ether oxygens (including phenoxy) is 3. The van der Waals surface area contributed by atoms with E-state index in [0.29, 0.717) is 12.4 Å². The van der Waals surface area contributed by atoms with Crippen LogP contribution in [-0.4, -0.2) is 13.9 Å². The summed E-state index contributed by atoms with van der Waals surface area (Å²) in [6.07, 6.45) is 0. The monoisotopic (exact) mass is 268 g/mol. The Balaban J connectivity index is 0.00000200. The van der Waals surface area contributed by atoms with E-state index in [9.17, 15) is 4.39 Å². The molecule has 5 heteroatoms. The van der Waals surface area contributed by atoms with E-state index in [1.165, 1.54) is 13.2 Å². The molecule has 0 aliphatic rings. The van der Waals surface area contributed by atoms with Crippen molar-refractivity contribution in [3.05, 3.63) is 59.9 Å². The van der Waals surface area contributed by atoms with Crippen molar-refractivity contribution < 1.29 is 37.5 Å². The zero-order valence-corrected chi connectivity index (χ0v) is 11.6. The van der Waals surface area contributed by atoms with Crippen molar-refractivity contribution in [1.82, 2.24) is 0 Å². The fourth-order valence-corrected chi connectivity index (χ4v) is 1.49. The van der Waals surface area contributed by atoms with Gasteiger partial charge in [0.2, 0.25) is 0 Å². The van der Waals surface area contributed by atoms with E-state index >= 15 is 0 Å². The van der Waals surface area contributed by atoms with Gasteiger partial charge in [0.1, 0.15) is 6.61 Å². The average molecular weight is 268 g/mol. The summed E-state index contributed by atoms with van der Waals surface area (Å²) in [4.78, 5) is 0. The van der Waals surface area contributed by atoms with Gasteiger partial charge in [-0.15, -0.1) is 12.1 Å². The minimum absolute atomic E-state index is 0. The van der Waals surface area contributed by atoms with Crippen LogP contribution in [0.4, 0.5) is 4.39 Å². The molecule has 0 bridgehead atoms. The summed E-state index contributed by atoms with van der Waals surface area (Å²) in [6, 6.07) is 15.2. The molecule has 0 spiro atoms. The molecule has 0 N–H and O–H groups in total. The number of benzene rings is 2. The molecule has 0 amide bonds. The molecule has 20 heavy (non-hydrogen) atoms. The number of hydrogen-bond acceptors (Lipinski definition) is 3. The number of hydrogen-bond donors (Lipinski definition) is 0. The second-order valence-electron chi connectivity index (χ2n) is 3.83. The molecule has 3 nitrogen and oxygen atoms in total. The molecular formula is C15H14FLiO3. The summed E-state index contributed by atoms with van der Waals surface area (Å²) in [5.74, 6) is -0.164. The van der Waals surface area contributed by atoms with Gasteiger partial charge in [0.25, 0.3) is 0 Å². The SMILES string of the molecule is COCOc1ccc(OCc2ccccc2)[c-]c1F.[Li+]. The third-order valence-corrected chi connectivity index (χ3v) is 2.40. The van der Waals surface area contributed by atoms with Crippen molar-refractivity contribution in [1.29, 1.82) is 0 Å². The van der Waals surface area contributed by atoms with Crippen LogP contribution >= 0.6 is 0 Å². The molecule has 2 rings (SSSR count). The fourth-order valence-electron chi connectivity index (χ4n) is 1.49. The van der Waals surface area contributed by atoms with Crippen LogP contribution in [0.15, 0.2) is 42.5 Å². The molecule has 0 saturated heterocycles. The first kappa shape index (κ1) is 16.6. The third-order valence-electron chi connectivity index (χ3n) is 2.40. The van der Waals surface area contributed by atoms with Crippen molar-refractivity contribution in [3.8, 4) is 11.5 Å². The summed E-state index contributed by atoms with van der Waals surface area (Å²) < 4.78 is 28.8. The van der Waals surface area contributed by atoms with Crippen molar-refractivity contribution >= 4 is 0 Å². The Kier molecular flexibility index (Phi) is 7.17. The molecule has 2 aromatic rings. The van der Waals surface area contributed by atoms with Crippen LogP contribution in [0, 0.1) is 11.9 Å². The Labute approximate surface area is 129 Å². The molecule has 0 aliphatic heterocycles. The maximum Gasteiger partial charge on any atom is 1.00 e. The number of methoxy groups -OCH3 is 1. The second-order valence-corrected chi connectivity index (χ2v) is 3.83. The first-order chi connectivity index (χ1) is 9.29. The topological polar surface area (TPSA) is 27.7 Å². The Bertz CT molecular complexity index is 520. The molecule has 0 heterocycles. The van der Waals surface area contributed by atoms with E-state index in [1.54, 1.807) is 6.07 Å². The normalized spacial score (nSPS) is 9.70. The molecular weight excluding hydrogens is 254 g/mol. The van der Waals surface area contributed by atoms with Gasteiger partial charge >= 0.3 is 18.9 Å². The minimum Gasteiger partial charge on any atom is -0.525 e. The molecule has 0 aromatic heterocycles.